The summed E-state index contributed by atoms with van der Waals surface area (Å²) in [5, 5.41) is 7.49. The van der Waals surface area contributed by atoms with Gasteiger partial charge in [-0.1, -0.05) is 0 Å². The molecule has 2 aromatic rings. The van der Waals surface area contributed by atoms with Gasteiger partial charge in [0.25, 0.3) is 11.7 Å². The first-order chi connectivity index (χ1) is 9.69. The highest BCUT2D eigenvalue weighted by Gasteiger charge is 2.26. The van der Waals surface area contributed by atoms with E-state index in [0.29, 0.717) is 18.4 Å². The van der Waals surface area contributed by atoms with Crippen LogP contribution in [0, 0.1) is 6.92 Å². The number of carbonyl (C=O) groups is 1. The summed E-state index contributed by atoms with van der Waals surface area (Å²) in [5.74, 6) is 0.578. The molecule has 7 heteroatoms. The highest BCUT2D eigenvalue weighted by molar-refractivity contribution is 5.91. The van der Waals surface area contributed by atoms with Crippen LogP contribution in [0.5, 0.6) is 0 Å². The van der Waals surface area contributed by atoms with Gasteiger partial charge in [0.2, 0.25) is 5.82 Å². The van der Waals surface area contributed by atoms with Gasteiger partial charge in [-0.05, 0) is 32.9 Å². The molecule has 0 saturated carbocycles. The summed E-state index contributed by atoms with van der Waals surface area (Å²) in [6.45, 7) is 3.38. The Kier molecular flexibility index (Phi) is 3.35. The Hall–Kier alpha value is -2.02. The lowest BCUT2D eigenvalue weighted by atomic mass is 10.1. The molecule has 2 aromatic heterocycles. The third-order valence-corrected chi connectivity index (χ3v) is 3.74. The van der Waals surface area contributed by atoms with Crippen LogP contribution >= 0.6 is 0 Å². The van der Waals surface area contributed by atoms with Crippen LogP contribution in [0.3, 0.4) is 0 Å². The lowest BCUT2D eigenvalue weighted by Gasteiger charge is -2.31. The van der Waals surface area contributed by atoms with E-state index >= 15 is 0 Å². The summed E-state index contributed by atoms with van der Waals surface area (Å²) in [4.78, 5) is 22.6. The average molecular weight is 274 g/mol. The number of aromatic nitrogens is 4. The molecular weight excluding hydrogens is 256 g/mol. The molecule has 0 bridgehead atoms. The predicted molar refractivity (Wildman–Crippen MR) is 73.5 cm³/mol. The monoisotopic (exact) mass is 274 g/mol. The van der Waals surface area contributed by atoms with Crippen molar-refractivity contribution in [3.8, 4) is 0 Å². The highest BCUT2D eigenvalue weighted by atomic mass is 16.2. The molecule has 1 fully saturated rings. The van der Waals surface area contributed by atoms with Gasteiger partial charge >= 0.3 is 0 Å². The maximum Gasteiger partial charge on any atom is 0.293 e. The van der Waals surface area contributed by atoms with Crippen molar-refractivity contribution in [2.24, 2.45) is 0 Å². The first-order valence-corrected chi connectivity index (χ1v) is 6.84. The van der Waals surface area contributed by atoms with E-state index in [0.717, 1.165) is 25.1 Å². The Morgan fingerprint density at radius 3 is 3.10 bits per heavy atom. The molecule has 106 valence electrons. The molecule has 0 radical (unpaired) electrons. The van der Waals surface area contributed by atoms with Gasteiger partial charge in [0.15, 0.2) is 0 Å². The van der Waals surface area contributed by atoms with Crippen molar-refractivity contribution in [3.63, 3.8) is 0 Å². The SMILES string of the molecule is CNC1CCCN(C(=O)c2nc3nccc(C)n3n2)C1. The molecule has 1 saturated heterocycles. The van der Waals surface area contributed by atoms with Gasteiger partial charge in [-0.15, -0.1) is 5.10 Å². The van der Waals surface area contributed by atoms with E-state index in [2.05, 4.69) is 20.4 Å². The Bertz CT molecular complexity index is 637. The van der Waals surface area contributed by atoms with Crippen LogP contribution in [0.25, 0.3) is 5.78 Å². The van der Waals surface area contributed by atoms with E-state index in [9.17, 15) is 4.79 Å². The van der Waals surface area contributed by atoms with E-state index in [4.69, 9.17) is 0 Å². The average Bonchev–Trinajstić information content (AvgIpc) is 2.92. The minimum atomic E-state index is -0.116. The lowest BCUT2D eigenvalue weighted by molar-refractivity contribution is 0.0686. The van der Waals surface area contributed by atoms with Crippen molar-refractivity contribution in [1.82, 2.24) is 29.8 Å². The first kappa shape index (κ1) is 13.0. The van der Waals surface area contributed by atoms with Gasteiger partial charge in [0.1, 0.15) is 0 Å². The second-order valence-electron chi connectivity index (χ2n) is 5.11. The second kappa shape index (κ2) is 5.16. The second-order valence-corrected chi connectivity index (χ2v) is 5.11. The number of rotatable bonds is 2. The first-order valence-electron chi connectivity index (χ1n) is 6.84. The van der Waals surface area contributed by atoms with Crippen LogP contribution in [-0.2, 0) is 0 Å². The molecule has 0 aromatic carbocycles. The Morgan fingerprint density at radius 1 is 1.50 bits per heavy atom. The molecule has 7 nitrogen and oxygen atoms in total. The number of likely N-dealkylation sites (tertiary alicyclic amines) is 1. The Morgan fingerprint density at radius 2 is 2.35 bits per heavy atom. The molecule has 0 spiro atoms. The van der Waals surface area contributed by atoms with Gasteiger partial charge in [0, 0.05) is 31.0 Å². The van der Waals surface area contributed by atoms with Crippen molar-refractivity contribution in [2.45, 2.75) is 25.8 Å². The van der Waals surface area contributed by atoms with Crippen molar-refractivity contribution in [2.75, 3.05) is 20.1 Å². The number of fused-ring (bicyclic) bond motifs is 1. The fourth-order valence-corrected chi connectivity index (χ4v) is 2.54. The maximum absolute atomic E-state index is 12.5. The third kappa shape index (κ3) is 2.24. The minimum Gasteiger partial charge on any atom is -0.334 e. The van der Waals surface area contributed by atoms with Gasteiger partial charge in [-0.3, -0.25) is 4.79 Å². The molecule has 20 heavy (non-hydrogen) atoms. The van der Waals surface area contributed by atoms with Gasteiger partial charge in [0.05, 0.1) is 0 Å². The number of likely N-dealkylation sites (N-methyl/N-ethyl adjacent to an activating group) is 1. The summed E-state index contributed by atoms with van der Waals surface area (Å²) < 4.78 is 1.60. The molecule has 0 aliphatic carbocycles. The summed E-state index contributed by atoms with van der Waals surface area (Å²) in [6.07, 6.45) is 3.77. The smallest absolute Gasteiger partial charge is 0.293 e. The van der Waals surface area contributed by atoms with Crippen LogP contribution in [0.15, 0.2) is 12.3 Å². The number of amides is 1. The summed E-state index contributed by atoms with van der Waals surface area (Å²) >= 11 is 0. The summed E-state index contributed by atoms with van der Waals surface area (Å²) in [6, 6.07) is 2.19. The fraction of sp³-hybridized carbons (Fsp3) is 0.538. The van der Waals surface area contributed by atoms with Crippen LogP contribution < -0.4 is 5.32 Å². The zero-order chi connectivity index (χ0) is 14.1. The molecule has 1 amide bonds. The van der Waals surface area contributed by atoms with Crippen LogP contribution in [0.2, 0.25) is 0 Å². The van der Waals surface area contributed by atoms with Gasteiger partial charge in [-0.2, -0.15) is 4.98 Å². The van der Waals surface area contributed by atoms with E-state index in [1.165, 1.54) is 0 Å². The number of nitrogens with one attached hydrogen (secondary N) is 1. The topological polar surface area (TPSA) is 75.4 Å². The fourth-order valence-electron chi connectivity index (χ4n) is 2.54. The standard InChI is InChI=1S/C13H18N6O/c1-9-5-6-15-13-16-11(17-19(9)13)12(20)18-7-3-4-10(8-18)14-2/h5-6,10,14H,3-4,7-8H2,1-2H3. The molecule has 1 aliphatic heterocycles. The zero-order valence-electron chi connectivity index (χ0n) is 11.7. The largest absolute Gasteiger partial charge is 0.334 e. The number of hydrogen-bond acceptors (Lipinski definition) is 5. The number of piperidine rings is 1. The van der Waals surface area contributed by atoms with E-state index in [1.807, 2.05) is 24.9 Å². The van der Waals surface area contributed by atoms with E-state index in [1.54, 1.807) is 10.7 Å². The summed E-state index contributed by atoms with van der Waals surface area (Å²) in [7, 11) is 1.93. The molecule has 1 aliphatic rings. The number of carbonyl (C=O) groups excluding carboxylic acids is 1. The Balaban J connectivity index is 1.86. The maximum atomic E-state index is 12.5. The molecule has 3 heterocycles. The predicted octanol–water partition coefficient (Wildman–Crippen LogP) is 0.257. The van der Waals surface area contributed by atoms with Crippen molar-refractivity contribution in [1.29, 1.82) is 0 Å². The molecule has 1 N–H and O–H groups in total. The Labute approximate surface area is 117 Å². The van der Waals surface area contributed by atoms with Gasteiger partial charge in [-0.25, -0.2) is 9.50 Å². The highest BCUT2D eigenvalue weighted by Crippen LogP contribution is 2.12. The van der Waals surface area contributed by atoms with Crippen LogP contribution in [0.1, 0.15) is 29.2 Å². The molecule has 1 unspecified atom stereocenters. The molecule has 3 rings (SSSR count). The molecular formula is C13H18N6O. The number of nitrogens with zero attached hydrogens (tertiary/aromatic N) is 5. The van der Waals surface area contributed by atoms with E-state index < -0.39 is 0 Å². The number of hydrogen-bond donors (Lipinski definition) is 1. The zero-order valence-corrected chi connectivity index (χ0v) is 11.7. The van der Waals surface area contributed by atoms with Crippen LogP contribution in [-0.4, -0.2) is 56.6 Å². The molecule has 1 atom stereocenters. The van der Waals surface area contributed by atoms with Crippen molar-refractivity contribution < 1.29 is 4.79 Å². The van der Waals surface area contributed by atoms with Crippen molar-refractivity contribution >= 4 is 11.7 Å². The lowest BCUT2D eigenvalue weighted by Crippen LogP contribution is -2.47. The quantitative estimate of drug-likeness (QED) is 0.850. The minimum absolute atomic E-state index is 0.116. The van der Waals surface area contributed by atoms with Crippen molar-refractivity contribution in [3.05, 3.63) is 23.8 Å². The van der Waals surface area contributed by atoms with Gasteiger partial charge < -0.3 is 10.2 Å². The third-order valence-electron chi connectivity index (χ3n) is 3.74. The number of aryl methyl sites for hydroxylation is 1. The normalized spacial score (nSPS) is 19.5. The van der Waals surface area contributed by atoms with E-state index in [-0.39, 0.29) is 11.7 Å². The summed E-state index contributed by atoms with van der Waals surface area (Å²) in [5.41, 5.74) is 0.910. The van der Waals surface area contributed by atoms with Crippen LogP contribution in [0.4, 0.5) is 0 Å².